The molecule has 0 aliphatic carbocycles. The number of Topliss-reactive ketones (excluding diaryl/α,β-unsaturated/α-hetero) is 1. The number of ether oxygens (including phenoxy) is 1. The van der Waals surface area contributed by atoms with Crippen LogP contribution in [0.1, 0.15) is 17.5 Å². The predicted molar refractivity (Wildman–Crippen MR) is 78.5 cm³/mol. The van der Waals surface area contributed by atoms with Crippen LogP contribution in [-0.4, -0.2) is 24.6 Å². The van der Waals surface area contributed by atoms with Gasteiger partial charge in [-0.2, -0.15) is 13.2 Å². The maximum atomic E-state index is 12.8. The monoisotopic (exact) mass is 322 g/mol. The number of carbonyl (C=O) groups is 1. The van der Waals surface area contributed by atoms with E-state index >= 15 is 0 Å². The molecule has 0 saturated heterocycles. The molecule has 0 fully saturated rings. The fourth-order valence-corrected chi connectivity index (χ4v) is 2.57. The zero-order chi connectivity index (χ0) is 16.6. The van der Waals surface area contributed by atoms with Crippen LogP contribution in [0.5, 0.6) is 0 Å². The lowest BCUT2D eigenvalue weighted by atomic mass is 9.95. The van der Waals surface area contributed by atoms with Gasteiger partial charge in [0.25, 0.3) is 0 Å². The number of hydrogen-bond acceptors (Lipinski definition) is 4. The number of rotatable bonds is 2. The molecule has 120 valence electrons. The van der Waals surface area contributed by atoms with Gasteiger partial charge < -0.3 is 10.5 Å². The summed E-state index contributed by atoms with van der Waals surface area (Å²) in [5.74, 6) is -0.597. The van der Waals surface area contributed by atoms with E-state index in [1.165, 1.54) is 12.1 Å². The molecule has 23 heavy (non-hydrogen) atoms. The Morgan fingerprint density at radius 1 is 1.30 bits per heavy atom. The smallest absolute Gasteiger partial charge is 0.416 e. The lowest BCUT2D eigenvalue weighted by Gasteiger charge is -2.15. The Kier molecular flexibility index (Phi) is 3.71. The van der Waals surface area contributed by atoms with E-state index < -0.39 is 23.6 Å². The predicted octanol–water partition coefficient (Wildman–Crippen LogP) is 2.70. The normalized spacial score (nSPS) is 21.4. The van der Waals surface area contributed by atoms with Gasteiger partial charge in [-0.05, 0) is 23.3 Å². The van der Waals surface area contributed by atoms with Gasteiger partial charge in [0.05, 0.1) is 17.7 Å². The molecule has 0 saturated carbocycles. The van der Waals surface area contributed by atoms with Crippen LogP contribution >= 0.6 is 0 Å². The van der Waals surface area contributed by atoms with Gasteiger partial charge in [-0.15, -0.1) is 0 Å². The van der Waals surface area contributed by atoms with E-state index in [2.05, 4.69) is 4.99 Å². The number of dihydropyridines is 1. The van der Waals surface area contributed by atoms with Crippen molar-refractivity contribution in [3.63, 3.8) is 0 Å². The second-order valence-electron chi connectivity index (χ2n) is 5.22. The second-order valence-corrected chi connectivity index (χ2v) is 5.22. The van der Waals surface area contributed by atoms with Crippen molar-refractivity contribution >= 4 is 17.6 Å². The van der Waals surface area contributed by atoms with Crippen LogP contribution in [0.4, 0.5) is 13.2 Å². The second kappa shape index (κ2) is 5.57. The van der Waals surface area contributed by atoms with Gasteiger partial charge in [0, 0.05) is 12.6 Å². The van der Waals surface area contributed by atoms with E-state index in [1.54, 1.807) is 6.21 Å². The van der Waals surface area contributed by atoms with Crippen LogP contribution in [0, 0.1) is 0 Å². The highest BCUT2D eigenvalue weighted by molar-refractivity contribution is 6.26. The molecule has 7 heteroatoms. The number of nitrogens with two attached hydrogens (primary N) is 1. The van der Waals surface area contributed by atoms with E-state index in [-0.39, 0.29) is 17.0 Å². The van der Waals surface area contributed by atoms with Crippen LogP contribution in [0.15, 0.2) is 46.8 Å². The molecule has 2 aliphatic heterocycles. The third-order valence-electron chi connectivity index (χ3n) is 3.68. The average Bonchev–Trinajstić information content (AvgIpc) is 2.82. The number of aliphatic imine (C=N–C) groups is 1. The molecule has 0 amide bonds. The molecule has 0 bridgehead atoms. The number of alkyl halides is 3. The maximum absolute atomic E-state index is 12.8. The summed E-state index contributed by atoms with van der Waals surface area (Å²) in [5, 5.41) is 0. The van der Waals surface area contributed by atoms with E-state index in [0.29, 0.717) is 18.5 Å². The number of carbonyl (C=O) groups excluding carboxylic acids is 1. The zero-order valence-electron chi connectivity index (χ0n) is 11.9. The minimum absolute atomic E-state index is 0.0171. The summed E-state index contributed by atoms with van der Waals surface area (Å²) in [6.07, 6.45) is -1.28. The number of allylic oxidation sites excluding steroid dienone is 1. The van der Waals surface area contributed by atoms with Crippen molar-refractivity contribution in [1.29, 1.82) is 0 Å². The maximum Gasteiger partial charge on any atom is 0.416 e. The lowest BCUT2D eigenvalue weighted by molar-refractivity contribution is -0.137. The van der Waals surface area contributed by atoms with Crippen molar-refractivity contribution in [2.75, 3.05) is 6.54 Å². The van der Waals surface area contributed by atoms with Gasteiger partial charge >= 0.3 is 6.18 Å². The van der Waals surface area contributed by atoms with Crippen LogP contribution in [0.25, 0.3) is 5.57 Å². The highest BCUT2D eigenvalue weighted by atomic mass is 19.4. The van der Waals surface area contributed by atoms with Gasteiger partial charge in [0.2, 0.25) is 5.78 Å². The van der Waals surface area contributed by atoms with Crippen LogP contribution < -0.4 is 5.73 Å². The SMILES string of the molecule is NC1=C(c2cccc(C(F)(F)F)c2)C(=O)C(C2=CCC=NC2)O1. The Labute approximate surface area is 130 Å². The first-order valence-corrected chi connectivity index (χ1v) is 6.93. The fourth-order valence-electron chi connectivity index (χ4n) is 2.57. The molecule has 1 aromatic rings. The molecule has 0 radical (unpaired) electrons. The third-order valence-corrected chi connectivity index (χ3v) is 3.68. The Morgan fingerprint density at radius 3 is 2.74 bits per heavy atom. The summed E-state index contributed by atoms with van der Waals surface area (Å²) in [4.78, 5) is 16.6. The molecule has 0 aromatic heterocycles. The van der Waals surface area contributed by atoms with Gasteiger partial charge in [-0.1, -0.05) is 18.2 Å². The minimum Gasteiger partial charge on any atom is -0.463 e. The van der Waals surface area contributed by atoms with E-state index in [0.717, 1.165) is 12.1 Å². The van der Waals surface area contributed by atoms with E-state index in [4.69, 9.17) is 10.5 Å². The first-order valence-electron chi connectivity index (χ1n) is 6.93. The van der Waals surface area contributed by atoms with Gasteiger partial charge in [0.15, 0.2) is 12.0 Å². The number of benzene rings is 1. The van der Waals surface area contributed by atoms with E-state index in [1.807, 2.05) is 6.08 Å². The van der Waals surface area contributed by atoms with Crippen molar-refractivity contribution in [3.05, 3.63) is 52.9 Å². The highest BCUT2D eigenvalue weighted by Gasteiger charge is 2.38. The van der Waals surface area contributed by atoms with Crippen LogP contribution in [0.3, 0.4) is 0 Å². The number of halogens is 3. The van der Waals surface area contributed by atoms with Gasteiger partial charge in [0.1, 0.15) is 0 Å². The molecular weight excluding hydrogens is 309 g/mol. The summed E-state index contributed by atoms with van der Waals surface area (Å²) < 4.78 is 43.9. The number of hydrogen-bond donors (Lipinski definition) is 1. The number of ketones is 1. The fraction of sp³-hybridized carbons (Fsp3) is 0.250. The topological polar surface area (TPSA) is 64.7 Å². The summed E-state index contributed by atoms with van der Waals surface area (Å²) in [7, 11) is 0. The van der Waals surface area contributed by atoms with Crippen molar-refractivity contribution in [1.82, 2.24) is 0 Å². The van der Waals surface area contributed by atoms with Crippen molar-refractivity contribution in [3.8, 4) is 0 Å². The Balaban J connectivity index is 1.93. The van der Waals surface area contributed by atoms with Crippen molar-refractivity contribution in [2.24, 2.45) is 10.7 Å². The summed E-state index contributed by atoms with van der Waals surface area (Å²) in [6, 6.07) is 4.49. The molecule has 3 rings (SSSR count). The quantitative estimate of drug-likeness (QED) is 0.852. The zero-order valence-corrected chi connectivity index (χ0v) is 11.9. The molecule has 0 spiro atoms. The van der Waals surface area contributed by atoms with Crippen LogP contribution in [0.2, 0.25) is 0 Å². The molecule has 1 aromatic carbocycles. The summed E-state index contributed by atoms with van der Waals surface area (Å²) in [6.45, 7) is 0.319. The highest BCUT2D eigenvalue weighted by Crippen LogP contribution is 2.35. The van der Waals surface area contributed by atoms with Crippen molar-refractivity contribution in [2.45, 2.75) is 18.7 Å². The third kappa shape index (κ3) is 2.86. The largest absolute Gasteiger partial charge is 0.463 e. The van der Waals surface area contributed by atoms with Crippen molar-refractivity contribution < 1.29 is 22.7 Å². The average molecular weight is 322 g/mol. The summed E-state index contributed by atoms with van der Waals surface area (Å²) >= 11 is 0. The molecule has 4 nitrogen and oxygen atoms in total. The van der Waals surface area contributed by atoms with E-state index in [9.17, 15) is 18.0 Å². The molecule has 2 heterocycles. The Hall–Kier alpha value is -2.57. The van der Waals surface area contributed by atoms with Gasteiger partial charge in [-0.3, -0.25) is 9.79 Å². The lowest BCUT2D eigenvalue weighted by Crippen LogP contribution is -2.24. The first-order chi connectivity index (χ1) is 10.9. The minimum atomic E-state index is -4.49. The summed E-state index contributed by atoms with van der Waals surface area (Å²) in [5.41, 5.74) is 5.66. The number of nitrogens with zero attached hydrogens (tertiary/aromatic N) is 1. The standard InChI is InChI=1S/C16H13F3N2O2/c17-16(18,19)11-5-1-3-9(7-11)12-13(22)14(23-15(12)20)10-4-2-6-21-8-10/h1,3-7,14H,2,8,20H2. The molecular formula is C16H13F3N2O2. The van der Waals surface area contributed by atoms with Crippen LogP contribution in [-0.2, 0) is 15.7 Å². The first kappa shape index (κ1) is 15.3. The molecule has 1 atom stereocenters. The molecule has 2 N–H and O–H groups in total. The molecule has 2 aliphatic rings. The molecule has 1 unspecified atom stereocenters. The Bertz CT molecular complexity index is 748. The Morgan fingerprint density at radius 2 is 2.09 bits per heavy atom. The van der Waals surface area contributed by atoms with Gasteiger partial charge in [-0.25, -0.2) is 0 Å².